The summed E-state index contributed by atoms with van der Waals surface area (Å²) in [7, 11) is 0. The second-order valence-corrected chi connectivity index (χ2v) is 4.61. The van der Waals surface area contributed by atoms with Gasteiger partial charge in [0.2, 0.25) is 0 Å². The van der Waals surface area contributed by atoms with Crippen LogP contribution in [0.3, 0.4) is 0 Å². The average Bonchev–Trinajstić information content (AvgIpc) is 2.65. The summed E-state index contributed by atoms with van der Waals surface area (Å²) in [6, 6.07) is 0. The molecule has 5 nitrogen and oxygen atoms in total. The average molecular weight is 232 g/mol. The van der Waals surface area contributed by atoms with Crippen LogP contribution < -0.4 is 5.73 Å². The zero-order valence-electron chi connectivity index (χ0n) is 7.80. The molecule has 0 aliphatic carbocycles. The first-order valence-electron chi connectivity index (χ1n) is 4.18. The minimum absolute atomic E-state index is 0.248. The molecule has 0 amide bonds. The van der Waals surface area contributed by atoms with E-state index in [0.717, 1.165) is 22.3 Å². The number of amidine groups is 1. The van der Waals surface area contributed by atoms with Gasteiger partial charge in [0.1, 0.15) is 11.7 Å². The maximum Gasteiger partial charge on any atom is 0.170 e. The van der Waals surface area contributed by atoms with E-state index in [2.05, 4.69) is 14.5 Å². The number of nitrogens with zero attached hydrogens (tertiary/aromatic N) is 3. The second kappa shape index (κ2) is 5.82. The Bertz CT molecular complexity index is 312. The van der Waals surface area contributed by atoms with Crippen LogP contribution in [-0.4, -0.2) is 26.2 Å². The minimum Gasteiger partial charge on any atom is -0.409 e. The van der Waals surface area contributed by atoms with E-state index in [9.17, 15) is 0 Å². The molecule has 1 aromatic rings. The third-order valence-corrected chi connectivity index (χ3v) is 3.35. The predicted octanol–water partition coefficient (Wildman–Crippen LogP) is 1.33. The molecule has 0 aliphatic rings. The highest BCUT2D eigenvalue weighted by atomic mass is 32.2. The van der Waals surface area contributed by atoms with Crippen LogP contribution in [0, 0.1) is 0 Å². The lowest BCUT2D eigenvalue weighted by atomic mass is 10.5. The molecule has 1 rings (SSSR count). The van der Waals surface area contributed by atoms with Gasteiger partial charge in [0, 0.05) is 18.6 Å². The number of hydrogen-bond donors (Lipinski definition) is 2. The third-order valence-electron chi connectivity index (χ3n) is 1.48. The molecule has 7 heteroatoms. The summed E-state index contributed by atoms with van der Waals surface area (Å²) < 4.78 is 5.09. The number of rotatable bonds is 5. The van der Waals surface area contributed by atoms with E-state index in [1.807, 2.05) is 6.92 Å². The molecular formula is C7H12N4OS2. The Hall–Kier alpha value is -0.820. The fraction of sp³-hybridized carbons (Fsp3) is 0.571. The zero-order chi connectivity index (χ0) is 10.4. The van der Waals surface area contributed by atoms with Crippen molar-refractivity contribution in [1.29, 1.82) is 0 Å². The van der Waals surface area contributed by atoms with E-state index in [1.54, 1.807) is 11.8 Å². The van der Waals surface area contributed by atoms with Crippen molar-refractivity contribution >= 4 is 29.1 Å². The quantitative estimate of drug-likeness (QED) is 0.263. The van der Waals surface area contributed by atoms with Gasteiger partial charge >= 0.3 is 0 Å². The summed E-state index contributed by atoms with van der Waals surface area (Å²) in [5.41, 5.74) is 5.32. The summed E-state index contributed by atoms with van der Waals surface area (Å²) in [5.74, 6) is 1.88. The fourth-order valence-corrected chi connectivity index (χ4v) is 2.46. The van der Waals surface area contributed by atoms with Crippen LogP contribution in [0.4, 0.5) is 0 Å². The van der Waals surface area contributed by atoms with Gasteiger partial charge in [-0.1, -0.05) is 23.8 Å². The Balaban J connectivity index is 2.31. The molecule has 0 radical (unpaired) electrons. The summed E-state index contributed by atoms with van der Waals surface area (Å²) >= 11 is 2.97. The highest BCUT2D eigenvalue weighted by Gasteiger charge is 2.03. The lowest BCUT2D eigenvalue weighted by Crippen LogP contribution is -2.11. The predicted molar refractivity (Wildman–Crippen MR) is 58.0 cm³/mol. The first-order chi connectivity index (χ1) is 6.76. The normalized spacial score (nSPS) is 11.9. The number of hydrogen-bond acceptors (Lipinski definition) is 6. The lowest BCUT2D eigenvalue weighted by Gasteiger charge is -1.95. The number of thioether (sulfide) groups is 1. The lowest BCUT2D eigenvalue weighted by molar-refractivity contribution is 0.317. The van der Waals surface area contributed by atoms with Gasteiger partial charge in [-0.3, -0.25) is 0 Å². The van der Waals surface area contributed by atoms with Crippen molar-refractivity contribution < 1.29 is 5.21 Å². The van der Waals surface area contributed by atoms with E-state index in [1.165, 1.54) is 11.5 Å². The largest absolute Gasteiger partial charge is 0.409 e. The van der Waals surface area contributed by atoms with Crippen molar-refractivity contribution in [3.05, 3.63) is 5.82 Å². The Morgan fingerprint density at radius 3 is 3.07 bits per heavy atom. The first-order valence-corrected chi connectivity index (χ1v) is 5.94. The smallest absolute Gasteiger partial charge is 0.170 e. The Morgan fingerprint density at radius 2 is 2.50 bits per heavy atom. The number of aromatic nitrogens is 2. The van der Waals surface area contributed by atoms with Gasteiger partial charge < -0.3 is 10.9 Å². The molecule has 78 valence electrons. The number of aryl methyl sites for hydroxylation is 1. The highest BCUT2D eigenvalue weighted by molar-refractivity contribution is 8.00. The van der Waals surface area contributed by atoms with Gasteiger partial charge in [-0.2, -0.15) is 4.37 Å². The summed E-state index contributed by atoms with van der Waals surface area (Å²) in [6.45, 7) is 2.02. The van der Waals surface area contributed by atoms with Crippen LogP contribution >= 0.6 is 23.3 Å². The number of oxime groups is 1. The highest BCUT2D eigenvalue weighted by Crippen LogP contribution is 2.20. The molecule has 0 fully saturated rings. The molecule has 0 unspecified atom stereocenters. The molecule has 14 heavy (non-hydrogen) atoms. The topological polar surface area (TPSA) is 84.4 Å². The Kier molecular flexibility index (Phi) is 4.68. The third kappa shape index (κ3) is 3.51. The molecule has 3 N–H and O–H groups in total. The minimum atomic E-state index is 0.248. The van der Waals surface area contributed by atoms with E-state index in [4.69, 9.17) is 10.9 Å². The molecule has 0 saturated heterocycles. The number of nitrogens with two attached hydrogens (primary N) is 1. The van der Waals surface area contributed by atoms with Gasteiger partial charge in [-0.25, -0.2) is 4.98 Å². The monoisotopic (exact) mass is 232 g/mol. The summed E-state index contributed by atoms with van der Waals surface area (Å²) in [4.78, 5) is 4.28. The van der Waals surface area contributed by atoms with E-state index in [0.29, 0.717) is 6.42 Å². The van der Waals surface area contributed by atoms with E-state index in [-0.39, 0.29) is 5.84 Å². The van der Waals surface area contributed by atoms with Crippen molar-refractivity contribution in [1.82, 2.24) is 9.36 Å². The van der Waals surface area contributed by atoms with Crippen molar-refractivity contribution in [2.24, 2.45) is 10.9 Å². The molecule has 0 bridgehead atoms. The Morgan fingerprint density at radius 1 is 1.71 bits per heavy atom. The van der Waals surface area contributed by atoms with E-state index < -0.39 is 0 Å². The van der Waals surface area contributed by atoms with Gasteiger partial charge in [0.25, 0.3) is 0 Å². The summed E-state index contributed by atoms with van der Waals surface area (Å²) in [6.07, 6.45) is 1.42. The van der Waals surface area contributed by atoms with Crippen LogP contribution in [0.25, 0.3) is 0 Å². The van der Waals surface area contributed by atoms with Gasteiger partial charge in [0.15, 0.2) is 4.34 Å². The maximum atomic E-state index is 8.30. The SMILES string of the molecule is CCc1nsc(SCCC(N)=NO)n1. The van der Waals surface area contributed by atoms with Crippen molar-refractivity contribution in [3.63, 3.8) is 0 Å². The molecular weight excluding hydrogens is 220 g/mol. The summed E-state index contributed by atoms with van der Waals surface area (Å²) in [5, 5.41) is 11.2. The van der Waals surface area contributed by atoms with Crippen LogP contribution in [0.15, 0.2) is 9.50 Å². The van der Waals surface area contributed by atoms with Gasteiger partial charge in [-0.05, 0) is 11.5 Å². The molecule has 1 aromatic heterocycles. The molecule has 0 saturated carbocycles. The van der Waals surface area contributed by atoms with Crippen LogP contribution in [0.2, 0.25) is 0 Å². The molecule has 0 aliphatic heterocycles. The van der Waals surface area contributed by atoms with Crippen molar-refractivity contribution in [2.75, 3.05) is 5.75 Å². The second-order valence-electron chi connectivity index (χ2n) is 2.52. The zero-order valence-corrected chi connectivity index (χ0v) is 9.44. The Labute approximate surface area is 90.6 Å². The van der Waals surface area contributed by atoms with Crippen molar-refractivity contribution in [3.8, 4) is 0 Å². The van der Waals surface area contributed by atoms with Crippen LogP contribution in [-0.2, 0) is 6.42 Å². The van der Waals surface area contributed by atoms with E-state index >= 15 is 0 Å². The molecule has 0 aromatic carbocycles. The maximum absolute atomic E-state index is 8.30. The molecule has 0 spiro atoms. The van der Waals surface area contributed by atoms with Crippen LogP contribution in [0.1, 0.15) is 19.2 Å². The standard InChI is InChI=1S/C7H12N4OS2/c1-2-6-9-7(14-11-6)13-4-3-5(8)10-12/h12H,2-4H2,1H3,(H2,8,10). The van der Waals surface area contributed by atoms with Crippen LogP contribution in [0.5, 0.6) is 0 Å². The fourth-order valence-electron chi connectivity index (χ4n) is 0.733. The molecule has 0 atom stereocenters. The molecule has 1 heterocycles. The first kappa shape index (κ1) is 11.3. The van der Waals surface area contributed by atoms with Crippen molar-refractivity contribution in [2.45, 2.75) is 24.1 Å². The van der Waals surface area contributed by atoms with Gasteiger partial charge in [-0.15, -0.1) is 0 Å². The van der Waals surface area contributed by atoms with Gasteiger partial charge in [0.05, 0.1) is 0 Å².